The summed E-state index contributed by atoms with van der Waals surface area (Å²) in [6.45, 7) is 1.70. The number of nitrogens with two attached hydrogens (primary N) is 1. The predicted octanol–water partition coefficient (Wildman–Crippen LogP) is 3.63. The molecule has 0 aliphatic rings. The van der Waals surface area contributed by atoms with E-state index in [1.165, 1.54) is 24.3 Å². The van der Waals surface area contributed by atoms with Gasteiger partial charge in [-0.3, -0.25) is 15.5 Å². The maximum atomic E-state index is 10.7. The summed E-state index contributed by atoms with van der Waals surface area (Å²) in [6.07, 6.45) is 0. The molecule has 7 heteroatoms. The zero-order valence-electron chi connectivity index (χ0n) is 11.1. The van der Waals surface area contributed by atoms with Crippen molar-refractivity contribution in [3.8, 4) is 11.5 Å². The molecule has 0 bridgehead atoms. The standard InChI is InChI=1S/C14H12ClN3O3/c1-8-6-10(18(19)20)3-5-12(8)21-13-4-2-9(15)7-11(13)14(16)17/h2-7H,1H3,(H3,16,17). The number of aryl methyl sites for hydroxylation is 1. The maximum Gasteiger partial charge on any atom is 0.269 e. The second-order valence-electron chi connectivity index (χ2n) is 4.36. The van der Waals surface area contributed by atoms with E-state index in [4.69, 9.17) is 27.5 Å². The number of amidine groups is 1. The third kappa shape index (κ3) is 3.29. The third-order valence-electron chi connectivity index (χ3n) is 2.82. The molecule has 3 N–H and O–H groups in total. The molecule has 2 aromatic rings. The van der Waals surface area contributed by atoms with Crippen molar-refractivity contribution in [2.24, 2.45) is 5.73 Å². The first-order valence-corrected chi connectivity index (χ1v) is 6.33. The highest BCUT2D eigenvalue weighted by molar-refractivity contribution is 6.31. The van der Waals surface area contributed by atoms with Gasteiger partial charge in [0.25, 0.3) is 5.69 Å². The Balaban J connectivity index is 2.39. The number of nitrogens with one attached hydrogen (secondary N) is 1. The van der Waals surface area contributed by atoms with E-state index in [0.717, 1.165) is 0 Å². The van der Waals surface area contributed by atoms with Gasteiger partial charge in [0, 0.05) is 17.2 Å². The molecule has 2 aromatic carbocycles. The fourth-order valence-corrected chi connectivity index (χ4v) is 1.95. The minimum Gasteiger partial charge on any atom is -0.456 e. The molecular weight excluding hydrogens is 294 g/mol. The molecule has 0 radical (unpaired) electrons. The van der Waals surface area contributed by atoms with Crippen molar-refractivity contribution < 1.29 is 9.66 Å². The molecular formula is C14H12ClN3O3. The normalized spacial score (nSPS) is 10.2. The molecule has 0 fully saturated rings. The minimum atomic E-state index is -0.472. The van der Waals surface area contributed by atoms with Gasteiger partial charge in [0.05, 0.1) is 10.5 Å². The average Bonchev–Trinajstić information content (AvgIpc) is 2.42. The lowest BCUT2D eigenvalue weighted by molar-refractivity contribution is -0.384. The number of hydrogen-bond acceptors (Lipinski definition) is 4. The van der Waals surface area contributed by atoms with Crippen LogP contribution in [0.2, 0.25) is 5.02 Å². The Labute approximate surface area is 125 Å². The Kier molecular flexibility index (Phi) is 4.09. The van der Waals surface area contributed by atoms with E-state index < -0.39 is 4.92 Å². The summed E-state index contributed by atoms with van der Waals surface area (Å²) in [4.78, 5) is 10.2. The molecule has 0 unspecified atom stereocenters. The second kappa shape index (κ2) is 5.80. The van der Waals surface area contributed by atoms with E-state index in [2.05, 4.69) is 0 Å². The van der Waals surface area contributed by atoms with Crippen molar-refractivity contribution in [1.82, 2.24) is 0 Å². The summed E-state index contributed by atoms with van der Waals surface area (Å²) in [5.41, 5.74) is 6.45. The smallest absolute Gasteiger partial charge is 0.269 e. The number of nitrogens with zero attached hydrogens (tertiary/aromatic N) is 1. The molecule has 0 saturated carbocycles. The van der Waals surface area contributed by atoms with E-state index in [1.807, 2.05) is 0 Å². The maximum absolute atomic E-state index is 10.7. The summed E-state index contributed by atoms with van der Waals surface area (Å²) in [5, 5.41) is 18.7. The van der Waals surface area contributed by atoms with E-state index >= 15 is 0 Å². The fraction of sp³-hybridized carbons (Fsp3) is 0.0714. The molecule has 108 valence electrons. The van der Waals surface area contributed by atoms with Gasteiger partial charge in [0.1, 0.15) is 17.3 Å². The molecule has 0 saturated heterocycles. The Morgan fingerprint density at radius 3 is 2.52 bits per heavy atom. The Hall–Kier alpha value is -2.60. The molecule has 0 amide bonds. The lowest BCUT2D eigenvalue weighted by Gasteiger charge is -2.12. The number of nitro groups is 1. The molecule has 0 atom stereocenters. The van der Waals surface area contributed by atoms with Gasteiger partial charge in [-0.2, -0.15) is 0 Å². The number of halogens is 1. The number of ether oxygens (including phenoxy) is 1. The second-order valence-corrected chi connectivity index (χ2v) is 4.80. The van der Waals surface area contributed by atoms with E-state index in [-0.39, 0.29) is 11.5 Å². The largest absolute Gasteiger partial charge is 0.456 e. The van der Waals surface area contributed by atoms with Gasteiger partial charge in [-0.1, -0.05) is 11.6 Å². The highest BCUT2D eigenvalue weighted by Crippen LogP contribution is 2.31. The van der Waals surface area contributed by atoms with Crippen molar-refractivity contribution in [2.75, 3.05) is 0 Å². The number of rotatable bonds is 4. The van der Waals surface area contributed by atoms with Crippen LogP contribution in [-0.2, 0) is 0 Å². The van der Waals surface area contributed by atoms with Gasteiger partial charge >= 0.3 is 0 Å². The molecule has 6 nitrogen and oxygen atoms in total. The monoisotopic (exact) mass is 305 g/mol. The Morgan fingerprint density at radius 1 is 1.29 bits per heavy atom. The van der Waals surface area contributed by atoms with E-state index in [1.54, 1.807) is 19.1 Å². The van der Waals surface area contributed by atoms with Crippen LogP contribution in [0.15, 0.2) is 36.4 Å². The topological polar surface area (TPSA) is 102 Å². The first kappa shape index (κ1) is 14.8. The third-order valence-corrected chi connectivity index (χ3v) is 3.06. The quantitative estimate of drug-likeness (QED) is 0.389. The van der Waals surface area contributed by atoms with Gasteiger partial charge in [0.15, 0.2) is 0 Å². The lowest BCUT2D eigenvalue weighted by Crippen LogP contribution is -2.12. The summed E-state index contributed by atoms with van der Waals surface area (Å²) in [5.74, 6) is 0.640. The summed E-state index contributed by atoms with van der Waals surface area (Å²) < 4.78 is 5.69. The zero-order valence-corrected chi connectivity index (χ0v) is 11.8. The van der Waals surface area contributed by atoms with Crippen molar-refractivity contribution >= 4 is 23.1 Å². The van der Waals surface area contributed by atoms with Crippen LogP contribution >= 0.6 is 11.6 Å². The number of non-ortho nitro benzene ring substituents is 1. The highest BCUT2D eigenvalue weighted by Gasteiger charge is 2.13. The van der Waals surface area contributed by atoms with Gasteiger partial charge in [0.2, 0.25) is 0 Å². The van der Waals surface area contributed by atoms with Crippen LogP contribution in [0.4, 0.5) is 5.69 Å². The minimum absolute atomic E-state index is 0.0113. The van der Waals surface area contributed by atoms with Gasteiger partial charge < -0.3 is 10.5 Å². The molecule has 0 aromatic heterocycles. The molecule has 0 aliphatic carbocycles. The van der Waals surface area contributed by atoms with E-state index in [0.29, 0.717) is 27.6 Å². The Morgan fingerprint density at radius 2 is 1.95 bits per heavy atom. The van der Waals surface area contributed by atoms with Crippen LogP contribution in [0.5, 0.6) is 11.5 Å². The summed E-state index contributed by atoms with van der Waals surface area (Å²) in [6, 6.07) is 9.01. The van der Waals surface area contributed by atoms with Crippen LogP contribution in [0.3, 0.4) is 0 Å². The van der Waals surface area contributed by atoms with Crippen molar-refractivity contribution in [3.63, 3.8) is 0 Å². The van der Waals surface area contributed by atoms with Gasteiger partial charge in [-0.05, 0) is 36.8 Å². The predicted molar refractivity (Wildman–Crippen MR) is 80.4 cm³/mol. The first-order chi connectivity index (χ1) is 9.88. The average molecular weight is 306 g/mol. The number of benzene rings is 2. The van der Waals surface area contributed by atoms with E-state index in [9.17, 15) is 10.1 Å². The molecule has 0 spiro atoms. The van der Waals surface area contributed by atoms with Gasteiger partial charge in [-0.25, -0.2) is 0 Å². The SMILES string of the molecule is Cc1cc([N+](=O)[O-])ccc1Oc1ccc(Cl)cc1C(=N)N. The summed E-state index contributed by atoms with van der Waals surface area (Å²) in [7, 11) is 0. The molecule has 0 aliphatic heterocycles. The number of hydrogen-bond donors (Lipinski definition) is 2. The molecule has 21 heavy (non-hydrogen) atoms. The van der Waals surface area contributed by atoms with Gasteiger partial charge in [-0.15, -0.1) is 0 Å². The Bertz CT molecular complexity index is 731. The fourth-order valence-electron chi connectivity index (χ4n) is 1.78. The van der Waals surface area contributed by atoms with Crippen molar-refractivity contribution in [2.45, 2.75) is 6.92 Å². The van der Waals surface area contributed by atoms with Crippen LogP contribution in [0.1, 0.15) is 11.1 Å². The molecule has 2 rings (SSSR count). The lowest BCUT2D eigenvalue weighted by atomic mass is 10.1. The van der Waals surface area contributed by atoms with Crippen LogP contribution in [-0.4, -0.2) is 10.8 Å². The van der Waals surface area contributed by atoms with Crippen molar-refractivity contribution in [1.29, 1.82) is 5.41 Å². The zero-order chi connectivity index (χ0) is 15.6. The van der Waals surface area contributed by atoms with Crippen molar-refractivity contribution in [3.05, 3.63) is 62.7 Å². The van der Waals surface area contributed by atoms with Crippen LogP contribution < -0.4 is 10.5 Å². The number of nitrogen functional groups attached to an aromatic ring is 1. The molecule has 0 heterocycles. The van der Waals surface area contributed by atoms with Crippen LogP contribution in [0, 0.1) is 22.4 Å². The first-order valence-electron chi connectivity index (χ1n) is 5.95. The van der Waals surface area contributed by atoms with Crippen LogP contribution in [0.25, 0.3) is 0 Å². The summed E-state index contributed by atoms with van der Waals surface area (Å²) >= 11 is 5.87. The number of nitro benzene ring substituents is 1. The highest BCUT2D eigenvalue weighted by atomic mass is 35.5.